The van der Waals surface area contributed by atoms with Gasteiger partial charge in [-0.25, -0.2) is 0 Å². The van der Waals surface area contributed by atoms with Crippen LogP contribution in [0.3, 0.4) is 0 Å². The first kappa shape index (κ1) is 15.8. The van der Waals surface area contributed by atoms with E-state index < -0.39 is 46.5 Å². The van der Waals surface area contributed by atoms with Gasteiger partial charge in [-0.3, -0.25) is 24.0 Å². The van der Waals surface area contributed by atoms with Crippen molar-refractivity contribution in [2.75, 3.05) is 0 Å². The largest absolute Gasteiger partial charge is 0.393 e. The van der Waals surface area contributed by atoms with E-state index in [1.807, 2.05) is 0 Å². The maximum absolute atomic E-state index is 14.0. The molecule has 0 aromatic heterocycles. The van der Waals surface area contributed by atoms with Gasteiger partial charge in [-0.1, -0.05) is 0 Å². The third-order valence-corrected chi connectivity index (χ3v) is 9.85. The quantitative estimate of drug-likeness (QED) is 0.454. The summed E-state index contributed by atoms with van der Waals surface area (Å²) in [6.45, 7) is 0. The highest BCUT2D eigenvalue weighted by molar-refractivity contribution is 6.02. The van der Waals surface area contributed by atoms with Crippen LogP contribution in [0.25, 0.3) is 0 Å². The Morgan fingerprint density at radius 2 is 1.00 bits per heavy atom. The topological polar surface area (TPSA) is 104 Å². The van der Waals surface area contributed by atoms with E-state index in [2.05, 4.69) is 0 Å². The molecule has 0 unspecified atom stereocenters. The van der Waals surface area contributed by atoms with E-state index in [9.17, 15) is 24.0 Å². The average Bonchev–Trinajstić information content (AvgIpc) is 3.46. The molecule has 7 fully saturated rings. The van der Waals surface area contributed by atoms with Crippen LogP contribution in [0.5, 0.6) is 0 Å². The minimum atomic E-state index is -0.554. The van der Waals surface area contributed by atoms with E-state index >= 15 is 0 Å². The van der Waals surface area contributed by atoms with Gasteiger partial charge in [-0.2, -0.15) is 0 Å². The molecule has 5 aliphatic carbocycles. The van der Waals surface area contributed by atoms with Crippen molar-refractivity contribution in [2.45, 2.75) is 38.5 Å². The molecule has 7 aliphatic rings. The molecule has 0 aromatic carbocycles. The first-order chi connectivity index (χ1) is 13.4. The van der Waals surface area contributed by atoms with E-state index in [4.69, 9.17) is 9.47 Å². The van der Waals surface area contributed by atoms with Gasteiger partial charge in [0, 0.05) is 10.8 Å². The van der Waals surface area contributed by atoms with Crippen LogP contribution in [0.4, 0.5) is 0 Å². The molecule has 0 aromatic rings. The second kappa shape index (κ2) is 4.41. The summed E-state index contributed by atoms with van der Waals surface area (Å²) in [4.78, 5) is 62.8. The van der Waals surface area contributed by atoms with Crippen LogP contribution < -0.4 is 0 Å². The lowest BCUT2D eigenvalue weighted by Gasteiger charge is -2.41. The lowest BCUT2D eigenvalue weighted by Crippen LogP contribution is -2.48. The van der Waals surface area contributed by atoms with Crippen molar-refractivity contribution in [1.82, 2.24) is 0 Å². The van der Waals surface area contributed by atoms with E-state index in [1.54, 1.807) is 0 Å². The molecule has 2 aliphatic heterocycles. The van der Waals surface area contributed by atoms with Crippen molar-refractivity contribution in [3.05, 3.63) is 0 Å². The Balaban J connectivity index is 1.27. The number of ether oxygens (including phenoxy) is 2. The summed E-state index contributed by atoms with van der Waals surface area (Å²) in [6.07, 6.45) is 4.27. The van der Waals surface area contributed by atoms with Gasteiger partial charge in [0.2, 0.25) is 0 Å². The smallest absolute Gasteiger partial charge is 0.317 e. The summed E-state index contributed by atoms with van der Waals surface area (Å²) >= 11 is 0. The van der Waals surface area contributed by atoms with Crippen LogP contribution in [0.2, 0.25) is 0 Å². The fraction of sp³-hybridized carbons (Fsp3) is 0.762. The fourth-order valence-electron chi connectivity index (χ4n) is 9.16. The summed E-state index contributed by atoms with van der Waals surface area (Å²) in [5, 5.41) is 0. The van der Waals surface area contributed by atoms with Gasteiger partial charge in [0.25, 0.3) is 0 Å². The number of esters is 4. The molecule has 7 rings (SSSR count). The number of rotatable bonds is 0. The molecule has 0 radical (unpaired) electrons. The monoisotopic (exact) mass is 384 g/mol. The molecule has 0 N–H and O–H groups in total. The van der Waals surface area contributed by atoms with E-state index in [0.717, 1.165) is 25.7 Å². The van der Waals surface area contributed by atoms with E-state index in [1.165, 1.54) is 0 Å². The predicted octanol–water partition coefficient (Wildman–Crippen LogP) is 1.03. The number of cyclic esters (lactones) is 4. The normalized spacial score (nSPS) is 57.6. The van der Waals surface area contributed by atoms with Crippen LogP contribution in [0, 0.1) is 58.2 Å². The van der Waals surface area contributed by atoms with Gasteiger partial charge in [0.1, 0.15) is 5.78 Å². The molecule has 7 heteroatoms. The maximum atomic E-state index is 14.0. The molecule has 2 spiro atoms. The lowest BCUT2D eigenvalue weighted by molar-refractivity contribution is -0.156. The van der Waals surface area contributed by atoms with E-state index in [0.29, 0.717) is 12.8 Å². The molecule has 5 saturated carbocycles. The Morgan fingerprint density at radius 3 is 1.43 bits per heavy atom. The van der Waals surface area contributed by atoms with Crippen LogP contribution in [-0.2, 0) is 33.4 Å². The zero-order chi connectivity index (χ0) is 19.2. The first-order valence-corrected chi connectivity index (χ1v) is 10.4. The van der Waals surface area contributed by atoms with Crippen molar-refractivity contribution in [1.29, 1.82) is 0 Å². The molecule has 10 atom stereocenters. The van der Waals surface area contributed by atoms with Crippen molar-refractivity contribution in [2.24, 2.45) is 58.2 Å². The summed E-state index contributed by atoms with van der Waals surface area (Å²) < 4.78 is 9.82. The molecule has 2 saturated heterocycles. The molecule has 2 heterocycles. The average molecular weight is 384 g/mol. The Hall–Kier alpha value is -2.05. The fourth-order valence-corrected chi connectivity index (χ4v) is 9.16. The summed E-state index contributed by atoms with van der Waals surface area (Å²) in [5.41, 5.74) is -1.11. The molecule has 28 heavy (non-hydrogen) atoms. The molecular weight excluding hydrogens is 364 g/mol. The minimum absolute atomic E-state index is 0.0532. The van der Waals surface area contributed by atoms with Crippen LogP contribution in [-0.4, -0.2) is 29.7 Å². The highest BCUT2D eigenvalue weighted by Crippen LogP contribution is 2.75. The van der Waals surface area contributed by atoms with Crippen LogP contribution in [0.15, 0.2) is 0 Å². The van der Waals surface area contributed by atoms with Gasteiger partial charge >= 0.3 is 23.9 Å². The van der Waals surface area contributed by atoms with Crippen LogP contribution in [0.1, 0.15) is 38.5 Å². The highest BCUT2D eigenvalue weighted by Gasteiger charge is 2.78. The number of hydrogen-bond donors (Lipinski definition) is 0. The Morgan fingerprint density at radius 1 is 0.607 bits per heavy atom. The van der Waals surface area contributed by atoms with Crippen molar-refractivity contribution < 1.29 is 33.4 Å². The molecule has 0 amide bonds. The lowest BCUT2D eigenvalue weighted by atomic mass is 9.58. The van der Waals surface area contributed by atoms with Gasteiger partial charge in [0.15, 0.2) is 0 Å². The molecular formula is C21H20O7. The van der Waals surface area contributed by atoms with Crippen molar-refractivity contribution in [3.63, 3.8) is 0 Å². The molecule has 4 bridgehead atoms. The van der Waals surface area contributed by atoms with Crippen LogP contribution >= 0.6 is 0 Å². The zero-order valence-corrected chi connectivity index (χ0v) is 15.2. The highest BCUT2D eigenvalue weighted by atomic mass is 16.6. The third kappa shape index (κ3) is 1.40. The van der Waals surface area contributed by atoms with Gasteiger partial charge in [-0.05, 0) is 62.2 Å². The van der Waals surface area contributed by atoms with E-state index in [-0.39, 0.29) is 41.3 Å². The maximum Gasteiger partial charge on any atom is 0.317 e. The Labute approximate surface area is 160 Å². The SMILES string of the molecule is O=C1OC(=O)[C@@H]2[C@H]1[C@@H]1C[C@H]2[C@@]2(CC[C@]3(C[C@H]4C[C@@H]3[C@@H]3C(=O)OC(=O)[C@H]43)C2=O)C1. The predicted molar refractivity (Wildman–Crippen MR) is 87.7 cm³/mol. The summed E-state index contributed by atoms with van der Waals surface area (Å²) in [6, 6.07) is 0. The number of carbonyl (C=O) groups excluding carboxylic acids is 5. The number of hydrogen-bond acceptors (Lipinski definition) is 7. The Bertz CT molecular complexity index is 850. The summed E-state index contributed by atoms with van der Waals surface area (Å²) in [5.74, 6) is -3.28. The zero-order valence-electron chi connectivity index (χ0n) is 15.2. The van der Waals surface area contributed by atoms with Gasteiger partial charge in [0.05, 0.1) is 23.7 Å². The standard InChI is InChI=1S/C21H20O7/c22-15-11-7-3-9(13(11)17(24)27-15)20(5-7)1-2-21(19(20)26)6-8-4-10(21)14-12(8)16(23)28-18(14)25/h7-14H,1-6H2/t7-,8-,9-,10-,11-,12-,13+,14+,20-,21-/m1/s1. The third-order valence-electron chi connectivity index (χ3n) is 9.85. The number of ketones is 1. The minimum Gasteiger partial charge on any atom is -0.393 e. The van der Waals surface area contributed by atoms with Crippen molar-refractivity contribution >= 4 is 29.7 Å². The number of carbonyl (C=O) groups is 5. The molecule has 146 valence electrons. The van der Waals surface area contributed by atoms with Crippen molar-refractivity contribution in [3.8, 4) is 0 Å². The second-order valence-corrected chi connectivity index (χ2v) is 10.3. The number of fused-ring (bicyclic) bond motifs is 12. The Kier molecular flexibility index (Phi) is 2.49. The number of Topliss-reactive ketones (excluding diaryl/α,β-unsaturated/α-hetero) is 1. The second-order valence-electron chi connectivity index (χ2n) is 10.3. The first-order valence-electron chi connectivity index (χ1n) is 10.4. The van der Waals surface area contributed by atoms with Gasteiger partial charge < -0.3 is 9.47 Å². The molecule has 7 nitrogen and oxygen atoms in total. The summed E-state index contributed by atoms with van der Waals surface area (Å²) in [7, 11) is 0. The van der Waals surface area contributed by atoms with Gasteiger partial charge in [-0.15, -0.1) is 0 Å².